The van der Waals surface area contributed by atoms with Crippen LogP contribution in [0.25, 0.3) is 11.0 Å². The molecule has 0 amide bonds. The van der Waals surface area contributed by atoms with Gasteiger partial charge in [0.05, 0.1) is 22.3 Å². The molecule has 2 aromatic heterocycles. The molecule has 0 saturated carbocycles. The third kappa shape index (κ3) is 3.46. The van der Waals surface area contributed by atoms with Gasteiger partial charge in [0.2, 0.25) is 0 Å². The average Bonchev–Trinajstić information content (AvgIpc) is 3.08. The minimum absolute atomic E-state index is 0.476. The van der Waals surface area contributed by atoms with Crippen LogP contribution in [0.3, 0.4) is 0 Å². The van der Waals surface area contributed by atoms with Gasteiger partial charge in [-0.2, -0.15) is 5.26 Å². The SMILES string of the molecule is CC(C)[C@@H]1CC[C@@H](C)c2cc(C#N)c(SCc3nc4ccccc4[nH]3)nc21. The molecule has 2 heterocycles. The van der Waals surface area contributed by atoms with Gasteiger partial charge < -0.3 is 4.98 Å². The number of hydrogen-bond acceptors (Lipinski definition) is 4. The van der Waals surface area contributed by atoms with Crippen molar-refractivity contribution in [2.75, 3.05) is 0 Å². The Kier molecular flexibility index (Phi) is 4.92. The number of nitriles is 1. The van der Waals surface area contributed by atoms with Crippen LogP contribution < -0.4 is 0 Å². The zero-order chi connectivity index (χ0) is 19.0. The topological polar surface area (TPSA) is 65.4 Å². The van der Waals surface area contributed by atoms with Crippen molar-refractivity contribution in [1.29, 1.82) is 5.26 Å². The Labute approximate surface area is 164 Å². The van der Waals surface area contributed by atoms with Crippen LogP contribution in [0.5, 0.6) is 0 Å². The second-order valence-electron chi connectivity index (χ2n) is 7.75. The normalized spacial score (nSPS) is 19.2. The molecule has 0 fully saturated rings. The lowest BCUT2D eigenvalue weighted by Gasteiger charge is -2.31. The number of rotatable bonds is 4. The molecule has 4 nitrogen and oxygen atoms in total. The van der Waals surface area contributed by atoms with Crippen molar-refractivity contribution in [3.63, 3.8) is 0 Å². The van der Waals surface area contributed by atoms with Gasteiger partial charge in [-0.15, -0.1) is 0 Å². The standard InChI is InChI=1S/C22H24N4S/c1-13(2)16-9-8-14(3)17-10-15(11-23)22(26-21(16)17)27-12-20-24-18-6-4-5-7-19(18)25-20/h4-7,10,13-14,16H,8-9,12H2,1-3H3,(H,24,25)/t14-,16+/m1/s1. The minimum Gasteiger partial charge on any atom is -0.341 e. The molecule has 0 bridgehead atoms. The maximum absolute atomic E-state index is 9.67. The summed E-state index contributed by atoms with van der Waals surface area (Å²) in [6.07, 6.45) is 2.35. The number of H-pyrrole nitrogens is 1. The molecule has 0 spiro atoms. The summed E-state index contributed by atoms with van der Waals surface area (Å²) in [5.74, 6) is 3.11. The molecule has 27 heavy (non-hydrogen) atoms. The fourth-order valence-corrected chi connectivity index (χ4v) is 4.82. The van der Waals surface area contributed by atoms with Crippen LogP contribution in [-0.2, 0) is 5.75 Å². The van der Waals surface area contributed by atoms with Gasteiger partial charge in [-0.3, -0.25) is 0 Å². The highest BCUT2D eigenvalue weighted by atomic mass is 32.2. The number of benzene rings is 1. The fraction of sp³-hybridized carbons (Fsp3) is 0.409. The Hall–Kier alpha value is -2.32. The summed E-state index contributed by atoms with van der Waals surface area (Å²) < 4.78 is 0. The lowest BCUT2D eigenvalue weighted by Crippen LogP contribution is -2.19. The van der Waals surface area contributed by atoms with E-state index in [4.69, 9.17) is 4.98 Å². The van der Waals surface area contributed by atoms with Crippen molar-refractivity contribution in [3.05, 3.63) is 53.0 Å². The molecule has 5 heteroatoms. The van der Waals surface area contributed by atoms with E-state index in [0.29, 0.717) is 29.1 Å². The predicted molar refractivity (Wildman–Crippen MR) is 110 cm³/mol. The molecule has 3 aromatic rings. The van der Waals surface area contributed by atoms with Gasteiger partial charge in [0.15, 0.2) is 0 Å². The summed E-state index contributed by atoms with van der Waals surface area (Å²) in [6.45, 7) is 6.79. The zero-order valence-corrected chi connectivity index (χ0v) is 16.8. The van der Waals surface area contributed by atoms with E-state index in [0.717, 1.165) is 21.9 Å². The number of thioether (sulfide) groups is 1. The second-order valence-corrected chi connectivity index (χ2v) is 8.71. The minimum atomic E-state index is 0.476. The van der Waals surface area contributed by atoms with Crippen LogP contribution in [0.4, 0.5) is 0 Å². The summed E-state index contributed by atoms with van der Waals surface area (Å²) >= 11 is 1.60. The quantitative estimate of drug-likeness (QED) is 0.588. The first kappa shape index (κ1) is 18.1. The molecular weight excluding hydrogens is 352 g/mol. The van der Waals surface area contributed by atoms with E-state index in [1.807, 2.05) is 24.3 Å². The summed E-state index contributed by atoms with van der Waals surface area (Å²) in [6, 6.07) is 12.5. The summed E-state index contributed by atoms with van der Waals surface area (Å²) in [4.78, 5) is 13.0. The number of aromatic nitrogens is 3. The Morgan fingerprint density at radius 1 is 1.26 bits per heavy atom. The maximum atomic E-state index is 9.67. The zero-order valence-electron chi connectivity index (χ0n) is 16.0. The van der Waals surface area contributed by atoms with Crippen molar-refractivity contribution in [2.24, 2.45) is 5.92 Å². The van der Waals surface area contributed by atoms with E-state index in [9.17, 15) is 5.26 Å². The van der Waals surface area contributed by atoms with E-state index in [1.54, 1.807) is 11.8 Å². The molecule has 138 valence electrons. The number of para-hydroxylation sites is 2. The molecule has 1 aliphatic carbocycles. The van der Waals surface area contributed by atoms with E-state index in [2.05, 4.69) is 42.9 Å². The lowest BCUT2D eigenvalue weighted by atomic mass is 9.75. The number of pyridine rings is 1. The molecule has 4 rings (SSSR count). The molecule has 1 N–H and O–H groups in total. The smallest absolute Gasteiger partial charge is 0.117 e. The van der Waals surface area contributed by atoms with Crippen molar-refractivity contribution < 1.29 is 0 Å². The molecular formula is C22H24N4S. The van der Waals surface area contributed by atoms with E-state index in [1.165, 1.54) is 24.1 Å². The van der Waals surface area contributed by atoms with Gasteiger partial charge in [0.25, 0.3) is 0 Å². The van der Waals surface area contributed by atoms with Gasteiger partial charge in [-0.1, -0.05) is 44.7 Å². The summed E-state index contributed by atoms with van der Waals surface area (Å²) in [7, 11) is 0. The van der Waals surface area contributed by atoms with Crippen LogP contribution in [0.15, 0.2) is 35.4 Å². The van der Waals surface area contributed by atoms with E-state index in [-0.39, 0.29) is 0 Å². The molecule has 1 aromatic carbocycles. The Balaban J connectivity index is 1.65. The van der Waals surface area contributed by atoms with Gasteiger partial charge in [-0.25, -0.2) is 9.97 Å². The van der Waals surface area contributed by atoms with Gasteiger partial charge in [-0.05, 0) is 48.4 Å². The first-order valence-electron chi connectivity index (χ1n) is 9.58. The fourth-order valence-electron chi connectivity index (χ4n) is 3.99. The predicted octanol–water partition coefficient (Wildman–Crippen LogP) is 5.76. The van der Waals surface area contributed by atoms with Crippen molar-refractivity contribution in [1.82, 2.24) is 15.0 Å². The molecule has 0 saturated heterocycles. The van der Waals surface area contributed by atoms with Crippen molar-refractivity contribution in [2.45, 2.75) is 56.2 Å². The first-order valence-corrected chi connectivity index (χ1v) is 10.6. The average molecular weight is 377 g/mol. The third-order valence-corrected chi connectivity index (χ3v) is 6.55. The van der Waals surface area contributed by atoms with E-state index < -0.39 is 0 Å². The molecule has 0 radical (unpaired) electrons. The third-order valence-electron chi connectivity index (χ3n) is 5.55. The van der Waals surface area contributed by atoms with Gasteiger partial charge in [0.1, 0.15) is 16.9 Å². The van der Waals surface area contributed by atoms with Crippen LogP contribution in [0.1, 0.15) is 68.1 Å². The van der Waals surface area contributed by atoms with Crippen LogP contribution in [0, 0.1) is 17.2 Å². The largest absolute Gasteiger partial charge is 0.341 e. The Morgan fingerprint density at radius 2 is 2.07 bits per heavy atom. The Morgan fingerprint density at radius 3 is 2.81 bits per heavy atom. The molecule has 0 aliphatic heterocycles. The summed E-state index contributed by atoms with van der Waals surface area (Å²) in [5.41, 5.74) is 5.17. The number of nitrogens with zero attached hydrogens (tertiary/aromatic N) is 3. The van der Waals surface area contributed by atoms with Crippen molar-refractivity contribution >= 4 is 22.8 Å². The van der Waals surface area contributed by atoms with Crippen LogP contribution in [0.2, 0.25) is 0 Å². The number of hydrogen-bond donors (Lipinski definition) is 1. The highest BCUT2D eigenvalue weighted by Gasteiger charge is 2.29. The van der Waals surface area contributed by atoms with Crippen molar-refractivity contribution in [3.8, 4) is 6.07 Å². The number of fused-ring (bicyclic) bond motifs is 2. The highest BCUT2D eigenvalue weighted by molar-refractivity contribution is 7.98. The van der Waals surface area contributed by atoms with E-state index >= 15 is 0 Å². The van der Waals surface area contributed by atoms with Crippen LogP contribution in [-0.4, -0.2) is 15.0 Å². The number of aromatic amines is 1. The number of nitrogens with one attached hydrogen (secondary N) is 1. The lowest BCUT2D eigenvalue weighted by molar-refractivity contribution is 0.398. The van der Waals surface area contributed by atoms with Gasteiger partial charge >= 0.3 is 0 Å². The monoisotopic (exact) mass is 376 g/mol. The Bertz CT molecular complexity index is 982. The van der Waals surface area contributed by atoms with Gasteiger partial charge in [0, 0.05) is 11.6 Å². The molecule has 0 unspecified atom stereocenters. The number of imidazole rings is 1. The molecule has 2 atom stereocenters. The maximum Gasteiger partial charge on any atom is 0.117 e. The first-order chi connectivity index (χ1) is 13.1. The molecule has 1 aliphatic rings. The van der Waals surface area contributed by atoms with Crippen LogP contribution >= 0.6 is 11.8 Å². The second kappa shape index (κ2) is 7.36. The summed E-state index contributed by atoms with van der Waals surface area (Å²) in [5, 5.41) is 10.5. The highest BCUT2D eigenvalue weighted by Crippen LogP contribution is 2.43.